The average molecular weight is 242 g/mol. The van der Waals surface area contributed by atoms with Gasteiger partial charge in [0.05, 0.1) is 5.71 Å². The zero-order chi connectivity index (χ0) is 13.1. The number of carbonyl (C=O) groups excluding carboxylic acids is 2. The minimum atomic E-state index is -0.755. The zero-order valence-electron chi connectivity index (χ0n) is 10.3. The van der Waals surface area contributed by atoms with Gasteiger partial charge in [0.1, 0.15) is 5.92 Å². The first kappa shape index (κ1) is 12.2. The van der Waals surface area contributed by atoms with E-state index in [1.54, 1.807) is 20.0 Å². The number of ketones is 1. The van der Waals surface area contributed by atoms with Gasteiger partial charge in [-0.25, -0.2) is 5.01 Å². The number of hydrazone groups is 1. The van der Waals surface area contributed by atoms with Crippen molar-refractivity contribution in [3.05, 3.63) is 42.0 Å². The molecule has 4 nitrogen and oxygen atoms in total. The molecule has 4 heteroatoms. The summed E-state index contributed by atoms with van der Waals surface area (Å²) in [6, 6.07) is 9.49. The third kappa shape index (κ3) is 2.37. The molecular weight excluding hydrogens is 228 g/mol. The Hall–Kier alpha value is -2.23. The minimum absolute atomic E-state index is 0.227. The first-order valence-corrected chi connectivity index (χ1v) is 5.69. The SMILES string of the molecule is CC1=NN(C)C(=O)C1C(=O)C=Cc1ccccc1. The fraction of sp³-hybridized carbons (Fsp3) is 0.214. The molecule has 0 saturated heterocycles. The van der Waals surface area contributed by atoms with E-state index < -0.39 is 5.92 Å². The van der Waals surface area contributed by atoms with Crippen molar-refractivity contribution in [2.75, 3.05) is 7.05 Å². The molecule has 1 heterocycles. The van der Waals surface area contributed by atoms with Gasteiger partial charge in [0.25, 0.3) is 5.91 Å². The Labute approximate surface area is 106 Å². The molecule has 1 atom stereocenters. The van der Waals surface area contributed by atoms with Crippen LogP contribution in [-0.2, 0) is 9.59 Å². The maximum absolute atomic E-state index is 12.0. The van der Waals surface area contributed by atoms with Crippen LogP contribution in [0, 0.1) is 5.92 Å². The molecule has 0 bridgehead atoms. The van der Waals surface area contributed by atoms with Gasteiger partial charge < -0.3 is 0 Å². The van der Waals surface area contributed by atoms with Crippen LogP contribution in [0.2, 0.25) is 0 Å². The lowest BCUT2D eigenvalue weighted by Gasteiger charge is -2.06. The molecule has 0 aliphatic carbocycles. The Morgan fingerprint density at radius 3 is 2.56 bits per heavy atom. The van der Waals surface area contributed by atoms with Crippen molar-refractivity contribution in [1.82, 2.24) is 5.01 Å². The molecule has 0 N–H and O–H groups in total. The van der Waals surface area contributed by atoms with E-state index in [9.17, 15) is 9.59 Å². The van der Waals surface area contributed by atoms with Crippen LogP contribution in [0.3, 0.4) is 0 Å². The van der Waals surface area contributed by atoms with E-state index in [0.717, 1.165) is 5.56 Å². The van der Waals surface area contributed by atoms with Crippen LogP contribution < -0.4 is 0 Å². The molecule has 18 heavy (non-hydrogen) atoms. The standard InChI is InChI=1S/C14H14N2O2/c1-10-13(14(18)16(2)15-10)12(17)9-8-11-6-4-3-5-7-11/h3-9,13H,1-2H3. The lowest BCUT2D eigenvalue weighted by molar-refractivity contribution is -0.134. The third-order valence-corrected chi connectivity index (χ3v) is 2.82. The maximum atomic E-state index is 12.0. The first-order valence-electron chi connectivity index (χ1n) is 5.69. The maximum Gasteiger partial charge on any atom is 0.259 e. The van der Waals surface area contributed by atoms with E-state index >= 15 is 0 Å². The van der Waals surface area contributed by atoms with Crippen molar-refractivity contribution in [2.24, 2.45) is 11.0 Å². The Bertz CT molecular complexity index is 532. The number of benzene rings is 1. The average Bonchev–Trinajstić information content (AvgIpc) is 2.62. The first-order chi connectivity index (χ1) is 8.59. The van der Waals surface area contributed by atoms with E-state index in [1.165, 1.54) is 11.1 Å². The van der Waals surface area contributed by atoms with Gasteiger partial charge in [0.15, 0.2) is 5.78 Å². The number of nitrogens with zero attached hydrogens (tertiary/aromatic N) is 2. The molecule has 0 saturated carbocycles. The highest BCUT2D eigenvalue weighted by Gasteiger charge is 2.35. The molecule has 92 valence electrons. The van der Waals surface area contributed by atoms with E-state index in [1.807, 2.05) is 30.3 Å². The zero-order valence-corrected chi connectivity index (χ0v) is 10.3. The van der Waals surface area contributed by atoms with E-state index in [2.05, 4.69) is 5.10 Å². The van der Waals surface area contributed by atoms with Crippen molar-refractivity contribution in [1.29, 1.82) is 0 Å². The monoisotopic (exact) mass is 242 g/mol. The van der Waals surface area contributed by atoms with Gasteiger partial charge in [-0.05, 0) is 18.6 Å². The van der Waals surface area contributed by atoms with Crippen LogP contribution in [0.1, 0.15) is 12.5 Å². The van der Waals surface area contributed by atoms with E-state index in [-0.39, 0.29) is 11.7 Å². The van der Waals surface area contributed by atoms with Crippen molar-refractivity contribution in [3.63, 3.8) is 0 Å². The number of hydrogen-bond donors (Lipinski definition) is 0. The van der Waals surface area contributed by atoms with Gasteiger partial charge in [-0.1, -0.05) is 36.4 Å². The molecule has 1 aliphatic heterocycles. The quantitative estimate of drug-likeness (QED) is 0.598. The van der Waals surface area contributed by atoms with Crippen molar-refractivity contribution < 1.29 is 9.59 Å². The molecule has 0 aromatic heterocycles. The molecular formula is C14H14N2O2. The van der Waals surface area contributed by atoms with Crippen LogP contribution in [0.5, 0.6) is 0 Å². The summed E-state index contributed by atoms with van der Waals surface area (Å²) in [5.74, 6) is -1.25. The summed E-state index contributed by atoms with van der Waals surface area (Å²) in [7, 11) is 1.56. The fourth-order valence-electron chi connectivity index (χ4n) is 1.88. The molecule has 1 amide bonds. The van der Waals surface area contributed by atoms with Crippen LogP contribution in [0.15, 0.2) is 41.5 Å². The summed E-state index contributed by atoms with van der Waals surface area (Å²) in [5, 5.41) is 5.19. The Morgan fingerprint density at radius 2 is 2.00 bits per heavy atom. The molecule has 0 spiro atoms. The van der Waals surface area contributed by atoms with Gasteiger partial charge in [0, 0.05) is 7.05 Å². The topological polar surface area (TPSA) is 49.7 Å². The van der Waals surface area contributed by atoms with Crippen molar-refractivity contribution in [3.8, 4) is 0 Å². The largest absolute Gasteiger partial charge is 0.294 e. The predicted octanol–water partition coefficient (Wildman–Crippen LogP) is 1.73. The summed E-state index contributed by atoms with van der Waals surface area (Å²) < 4.78 is 0. The number of rotatable bonds is 3. The summed E-state index contributed by atoms with van der Waals surface area (Å²) in [6.07, 6.45) is 3.15. The third-order valence-electron chi connectivity index (χ3n) is 2.82. The van der Waals surface area contributed by atoms with Crippen molar-refractivity contribution in [2.45, 2.75) is 6.92 Å². The highest BCUT2D eigenvalue weighted by molar-refractivity contribution is 6.25. The van der Waals surface area contributed by atoms with E-state index in [4.69, 9.17) is 0 Å². The minimum Gasteiger partial charge on any atom is -0.294 e. The lowest BCUT2D eigenvalue weighted by Crippen LogP contribution is -2.29. The molecule has 1 aromatic rings. The Balaban J connectivity index is 2.12. The van der Waals surface area contributed by atoms with Crippen LogP contribution in [0.4, 0.5) is 0 Å². The Kier molecular flexibility index (Phi) is 3.37. The number of allylic oxidation sites excluding steroid dienone is 1. The second kappa shape index (κ2) is 4.96. The van der Waals surface area contributed by atoms with Gasteiger partial charge >= 0.3 is 0 Å². The summed E-state index contributed by atoms with van der Waals surface area (Å²) >= 11 is 0. The fourth-order valence-corrected chi connectivity index (χ4v) is 1.88. The molecule has 0 fully saturated rings. The van der Waals surface area contributed by atoms with Crippen LogP contribution in [-0.4, -0.2) is 29.5 Å². The van der Waals surface area contributed by atoms with Crippen molar-refractivity contribution >= 4 is 23.5 Å². The summed E-state index contributed by atoms with van der Waals surface area (Å²) in [4.78, 5) is 23.7. The molecule has 2 rings (SSSR count). The summed E-state index contributed by atoms with van der Waals surface area (Å²) in [6.45, 7) is 1.69. The van der Waals surface area contributed by atoms with Gasteiger partial charge in [-0.15, -0.1) is 0 Å². The van der Waals surface area contributed by atoms with Crippen LogP contribution in [0.25, 0.3) is 6.08 Å². The highest BCUT2D eigenvalue weighted by Crippen LogP contribution is 2.16. The lowest BCUT2D eigenvalue weighted by atomic mass is 9.98. The number of carbonyl (C=O) groups is 2. The molecule has 1 aliphatic rings. The second-order valence-electron chi connectivity index (χ2n) is 4.18. The Morgan fingerprint density at radius 1 is 1.33 bits per heavy atom. The van der Waals surface area contributed by atoms with E-state index in [0.29, 0.717) is 5.71 Å². The molecule has 1 aromatic carbocycles. The summed E-state index contributed by atoms with van der Waals surface area (Å²) in [5.41, 5.74) is 1.48. The number of amides is 1. The van der Waals surface area contributed by atoms with Gasteiger partial charge in [-0.3, -0.25) is 9.59 Å². The van der Waals surface area contributed by atoms with Crippen LogP contribution >= 0.6 is 0 Å². The molecule has 1 unspecified atom stereocenters. The van der Waals surface area contributed by atoms with Gasteiger partial charge in [-0.2, -0.15) is 5.10 Å². The predicted molar refractivity (Wildman–Crippen MR) is 69.9 cm³/mol. The smallest absolute Gasteiger partial charge is 0.259 e. The molecule has 0 radical (unpaired) electrons. The normalized spacial score (nSPS) is 19.4. The highest BCUT2D eigenvalue weighted by atomic mass is 16.2. The second-order valence-corrected chi connectivity index (χ2v) is 4.18. The number of hydrogen-bond acceptors (Lipinski definition) is 3. The van der Waals surface area contributed by atoms with Gasteiger partial charge in [0.2, 0.25) is 0 Å².